The van der Waals surface area contributed by atoms with Crippen LogP contribution in [0, 0.1) is 5.92 Å². The molecule has 4 aromatic rings. The van der Waals surface area contributed by atoms with Gasteiger partial charge in [0.05, 0.1) is 12.5 Å². The van der Waals surface area contributed by atoms with E-state index in [0.717, 1.165) is 61.0 Å². The molecule has 1 fully saturated rings. The van der Waals surface area contributed by atoms with Crippen LogP contribution in [0.4, 0.5) is 0 Å². The summed E-state index contributed by atoms with van der Waals surface area (Å²) in [6.07, 6.45) is 2.98. The summed E-state index contributed by atoms with van der Waals surface area (Å²) >= 11 is 3.49. The molecule has 3 heterocycles. The number of carbonyl (C=O) groups is 1. The minimum absolute atomic E-state index is 0.0394. The molecule has 206 valence electrons. The first kappa shape index (κ1) is 26.9. The number of nitrogens with zero attached hydrogens (tertiary/aromatic N) is 4. The van der Waals surface area contributed by atoms with Gasteiger partial charge in [-0.15, -0.1) is 0 Å². The molecule has 40 heavy (non-hydrogen) atoms. The van der Waals surface area contributed by atoms with Crippen LogP contribution in [-0.2, 0) is 37.4 Å². The second-order valence-corrected chi connectivity index (χ2v) is 11.8. The third-order valence-corrected chi connectivity index (χ3v) is 8.38. The van der Waals surface area contributed by atoms with Gasteiger partial charge in [0, 0.05) is 42.8 Å². The van der Waals surface area contributed by atoms with Crippen molar-refractivity contribution in [3.63, 3.8) is 0 Å². The van der Waals surface area contributed by atoms with Crippen molar-refractivity contribution in [3.8, 4) is 11.4 Å². The molecule has 0 spiro atoms. The fourth-order valence-electron chi connectivity index (χ4n) is 5.71. The van der Waals surface area contributed by atoms with E-state index in [0.29, 0.717) is 31.3 Å². The topological polar surface area (TPSA) is 74.5 Å². The summed E-state index contributed by atoms with van der Waals surface area (Å²) in [5.41, 5.74) is 6.26. The smallest absolute Gasteiger partial charge is 0.241 e. The molecule has 0 aliphatic carbocycles. The van der Waals surface area contributed by atoms with Crippen LogP contribution in [0.1, 0.15) is 41.0 Å². The van der Waals surface area contributed by atoms with Gasteiger partial charge in [-0.3, -0.25) is 14.6 Å². The quantitative estimate of drug-likeness (QED) is 0.285. The highest BCUT2D eigenvalue weighted by atomic mass is 79.9. The molecule has 3 aromatic carbocycles. The minimum Gasteiger partial charge on any atom is -0.352 e. The molecule has 1 unspecified atom stereocenters. The predicted molar refractivity (Wildman–Crippen MR) is 158 cm³/mol. The van der Waals surface area contributed by atoms with E-state index in [9.17, 15) is 4.79 Å². The maximum atomic E-state index is 13.0. The van der Waals surface area contributed by atoms with Crippen molar-refractivity contribution in [2.75, 3.05) is 19.6 Å². The van der Waals surface area contributed by atoms with Crippen LogP contribution in [0.25, 0.3) is 11.4 Å². The number of aromatic nitrogens is 2. The maximum Gasteiger partial charge on any atom is 0.241 e. The lowest BCUT2D eigenvalue weighted by Gasteiger charge is -2.30. The number of hydrogen-bond donors (Lipinski definition) is 1. The third kappa shape index (κ3) is 6.69. The van der Waals surface area contributed by atoms with Crippen molar-refractivity contribution in [3.05, 3.63) is 105 Å². The van der Waals surface area contributed by atoms with Crippen molar-refractivity contribution in [2.45, 2.75) is 45.4 Å². The van der Waals surface area contributed by atoms with Crippen LogP contribution in [-0.4, -0.2) is 45.5 Å². The molecule has 6 rings (SSSR count). The Morgan fingerprint density at radius 2 is 1.77 bits per heavy atom. The van der Waals surface area contributed by atoms with Crippen molar-refractivity contribution >= 4 is 21.8 Å². The first-order valence-electron chi connectivity index (χ1n) is 14.0. The average molecular weight is 601 g/mol. The highest BCUT2D eigenvalue weighted by Gasteiger charge is 2.27. The van der Waals surface area contributed by atoms with Crippen LogP contribution in [0.15, 0.2) is 81.8 Å². The fraction of sp³-hybridized carbons (Fsp3) is 0.344. The van der Waals surface area contributed by atoms with Crippen molar-refractivity contribution in [2.24, 2.45) is 5.92 Å². The van der Waals surface area contributed by atoms with Gasteiger partial charge in [0.15, 0.2) is 0 Å². The Kier molecular flexibility index (Phi) is 8.37. The SMILES string of the molecule is O=C(NCc1ccc(CN2CCc3ccccc3C2)cc1)C1CCCN(Cc2nc(-c3cccc(Br)c3)no2)C1. The largest absolute Gasteiger partial charge is 0.352 e. The van der Waals surface area contributed by atoms with Gasteiger partial charge in [0.2, 0.25) is 17.6 Å². The number of benzene rings is 3. The van der Waals surface area contributed by atoms with E-state index in [4.69, 9.17) is 4.52 Å². The number of halogens is 1. The second kappa shape index (κ2) is 12.5. The van der Waals surface area contributed by atoms with Gasteiger partial charge in [-0.25, -0.2) is 0 Å². The monoisotopic (exact) mass is 599 g/mol. The lowest BCUT2D eigenvalue weighted by atomic mass is 9.97. The molecular formula is C32H34BrN5O2. The summed E-state index contributed by atoms with van der Waals surface area (Å²) in [6, 6.07) is 25.3. The summed E-state index contributed by atoms with van der Waals surface area (Å²) in [5, 5.41) is 7.31. The van der Waals surface area contributed by atoms with Crippen LogP contribution >= 0.6 is 15.9 Å². The predicted octanol–water partition coefficient (Wildman–Crippen LogP) is 5.59. The Labute approximate surface area is 243 Å². The molecule has 1 atom stereocenters. The average Bonchev–Trinajstić information content (AvgIpc) is 3.45. The lowest BCUT2D eigenvalue weighted by Crippen LogP contribution is -2.42. The molecule has 1 amide bonds. The summed E-state index contributed by atoms with van der Waals surface area (Å²) in [7, 11) is 0. The molecular weight excluding hydrogens is 566 g/mol. The molecule has 1 saturated heterocycles. The zero-order chi connectivity index (χ0) is 27.3. The van der Waals surface area contributed by atoms with Gasteiger partial charge in [0.1, 0.15) is 0 Å². The van der Waals surface area contributed by atoms with E-state index in [1.165, 1.54) is 16.7 Å². The Bertz CT molecular complexity index is 1450. The number of piperidine rings is 1. The molecule has 1 aromatic heterocycles. The normalized spacial score (nSPS) is 17.9. The van der Waals surface area contributed by atoms with E-state index in [1.54, 1.807) is 0 Å². The second-order valence-electron chi connectivity index (χ2n) is 10.9. The number of likely N-dealkylation sites (tertiary alicyclic amines) is 1. The Morgan fingerprint density at radius 3 is 2.62 bits per heavy atom. The van der Waals surface area contributed by atoms with Crippen LogP contribution in [0.3, 0.4) is 0 Å². The van der Waals surface area contributed by atoms with E-state index >= 15 is 0 Å². The molecule has 2 aliphatic rings. The van der Waals surface area contributed by atoms with Gasteiger partial charge >= 0.3 is 0 Å². The molecule has 1 N–H and O–H groups in total. The lowest BCUT2D eigenvalue weighted by molar-refractivity contribution is -0.127. The minimum atomic E-state index is -0.0394. The first-order chi connectivity index (χ1) is 19.6. The summed E-state index contributed by atoms with van der Waals surface area (Å²) < 4.78 is 6.49. The maximum absolute atomic E-state index is 13.0. The molecule has 0 bridgehead atoms. The van der Waals surface area contributed by atoms with Crippen molar-refractivity contribution < 1.29 is 9.32 Å². The number of fused-ring (bicyclic) bond motifs is 1. The van der Waals surface area contributed by atoms with Crippen LogP contribution in [0.5, 0.6) is 0 Å². The van der Waals surface area contributed by atoms with E-state index in [2.05, 4.69) is 89.7 Å². The van der Waals surface area contributed by atoms with Gasteiger partial charge < -0.3 is 9.84 Å². The van der Waals surface area contributed by atoms with Crippen molar-refractivity contribution in [1.82, 2.24) is 25.3 Å². The zero-order valence-corrected chi connectivity index (χ0v) is 24.1. The Hall–Kier alpha value is -3.33. The third-order valence-electron chi connectivity index (χ3n) is 7.89. The highest BCUT2D eigenvalue weighted by Crippen LogP contribution is 2.23. The number of amides is 1. The molecule has 0 radical (unpaired) electrons. The fourth-order valence-corrected chi connectivity index (χ4v) is 6.11. The molecule has 7 nitrogen and oxygen atoms in total. The standard InChI is InChI=1S/C32H34BrN5O2/c33-29-9-3-7-26(17-29)31-35-30(40-36-31)22-37-15-4-8-28(21-37)32(39)34-18-23-10-12-24(13-11-23)19-38-16-14-25-5-1-2-6-27(25)20-38/h1-3,5-7,9-13,17,28H,4,8,14-16,18-22H2,(H,34,39). The van der Waals surface area contributed by atoms with E-state index in [-0.39, 0.29) is 11.8 Å². The molecule has 8 heteroatoms. The van der Waals surface area contributed by atoms with Crippen LogP contribution < -0.4 is 5.32 Å². The van der Waals surface area contributed by atoms with Crippen molar-refractivity contribution in [1.29, 1.82) is 0 Å². The first-order valence-corrected chi connectivity index (χ1v) is 14.8. The summed E-state index contributed by atoms with van der Waals surface area (Å²) in [6.45, 7) is 5.75. The summed E-state index contributed by atoms with van der Waals surface area (Å²) in [4.78, 5) is 22.3. The zero-order valence-electron chi connectivity index (χ0n) is 22.6. The Morgan fingerprint density at radius 1 is 0.950 bits per heavy atom. The van der Waals surface area contributed by atoms with Gasteiger partial charge in [-0.2, -0.15) is 4.98 Å². The number of rotatable bonds is 8. The number of hydrogen-bond acceptors (Lipinski definition) is 6. The van der Waals surface area contributed by atoms with Gasteiger partial charge in [-0.05, 0) is 60.2 Å². The van der Waals surface area contributed by atoms with Gasteiger partial charge in [-0.1, -0.05) is 81.8 Å². The molecule has 0 saturated carbocycles. The summed E-state index contributed by atoms with van der Waals surface area (Å²) in [5.74, 6) is 1.23. The van der Waals surface area contributed by atoms with Gasteiger partial charge in [0.25, 0.3) is 0 Å². The number of nitrogens with one attached hydrogen (secondary N) is 1. The molecule has 2 aliphatic heterocycles. The highest BCUT2D eigenvalue weighted by molar-refractivity contribution is 9.10. The van der Waals surface area contributed by atoms with Crippen LogP contribution in [0.2, 0.25) is 0 Å². The Balaban J connectivity index is 0.969. The number of carbonyl (C=O) groups excluding carboxylic acids is 1. The van der Waals surface area contributed by atoms with E-state index < -0.39 is 0 Å². The van der Waals surface area contributed by atoms with E-state index in [1.807, 2.05) is 24.3 Å².